The van der Waals surface area contributed by atoms with E-state index in [2.05, 4.69) is 0 Å². The fraction of sp³-hybridized carbons (Fsp3) is 0.400. The van der Waals surface area contributed by atoms with Gasteiger partial charge in [0, 0.05) is 5.41 Å². The Labute approximate surface area is 86.3 Å². The van der Waals surface area contributed by atoms with Gasteiger partial charge in [-0.3, -0.25) is 0 Å². The van der Waals surface area contributed by atoms with Gasteiger partial charge in [0.25, 0.3) is 0 Å². The van der Waals surface area contributed by atoms with E-state index in [-0.39, 0.29) is 11.6 Å². The molecule has 0 fully saturated rings. The number of hydrogen-bond donors (Lipinski definition) is 1. The standard InChI is InChI=1S/C10H11ClF2O/c1-10(2,5-14)6-3-4-7(12)9(13)8(6)11/h3-4,14H,5H2,1-2H3. The van der Waals surface area contributed by atoms with E-state index in [1.165, 1.54) is 6.07 Å². The van der Waals surface area contributed by atoms with Crippen molar-refractivity contribution in [2.75, 3.05) is 6.61 Å². The van der Waals surface area contributed by atoms with Crippen molar-refractivity contribution in [3.8, 4) is 0 Å². The Bertz CT molecular complexity index is 350. The lowest BCUT2D eigenvalue weighted by molar-refractivity contribution is 0.218. The van der Waals surface area contributed by atoms with Gasteiger partial charge in [0.15, 0.2) is 11.6 Å². The van der Waals surface area contributed by atoms with E-state index in [1.54, 1.807) is 13.8 Å². The highest BCUT2D eigenvalue weighted by Gasteiger charge is 2.25. The summed E-state index contributed by atoms with van der Waals surface area (Å²) < 4.78 is 25.8. The molecule has 0 aliphatic heterocycles. The van der Waals surface area contributed by atoms with Gasteiger partial charge in [0.1, 0.15) is 0 Å². The second-order valence-corrected chi connectivity index (χ2v) is 4.14. The van der Waals surface area contributed by atoms with Crippen LogP contribution in [0.1, 0.15) is 19.4 Å². The first kappa shape index (κ1) is 11.4. The van der Waals surface area contributed by atoms with Gasteiger partial charge in [-0.1, -0.05) is 31.5 Å². The highest BCUT2D eigenvalue weighted by atomic mass is 35.5. The molecule has 0 atom stereocenters. The minimum Gasteiger partial charge on any atom is -0.395 e. The van der Waals surface area contributed by atoms with E-state index in [4.69, 9.17) is 16.7 Å². The van der Waals surface area contributed by atoms with Gasteiger partial charge < -0.3 is 5.11 Å². The van der Waals surface area contributed by atoms with Crippen LogP contribution in [-0.4, -0.2) is 11.7 Å². The number of aliphatic hydroxyl groups is 1. The Morgan fingerprint density at radius 2 is 1.93 bits per heavy atom. The van der Waals surface area contributed by atoms with Crippen LogP contribution in [0.2, 0.25) is 5.02 Å². The number of halogens is 3. The van der Waals surface area contributed by atoms with Crippen LogP contribution in [0.3, 0.4) is 0 Å². The highest BCUT2D eigenvalue weighted by molar-refractivity contribution is 6.31. The molecule has 78 valence electrons. The SMILES string of the molecule is CC(C)(CO)c1ccc(F)c(F)c1Cl. The van der Waals surface area contributed by atoms with Gasteiger partial charge in [-0.2, -0.15) is 0 Å². The minimum atomic E-state index is -1.06. The highest BCUT2D eigenvalue weighted by Crippen LogP contribution is 2.32. The van der Waals surface area contributed by atoms with E-state index >= 15 is 0 Å². The van der Waals surface area contributed by atoms with Crippen LogP contribution in [0.4, 0.5) is 8.78 Å². The van der Waals surface area contributed by atoms with Gasteiger partial charge >= 0.3 is 0 Å². The molecule has 1 rings (SSSR count). The summed E-state index contributed by atoms with van der Waals surface area (Å²) in [7, 11) is 0. The Morgan fingerprint density at radius 1 is 1.36 bits per heavy atom. The van der Waals surface area contributed by atoms with Crippen LogP contribution in [-0.2, 0) is 5.41 Å². The van der Waals surface area contributed by atoms with Crippen LogP contribution in [0.25, 0.3) is 0 Å². The van der Waals surface area contributed by atoms with Crippen molar-refractivity contribution in [2.45, 2.75) is 19.3 Å². The maximum Gasteiger partial charge on any atom is 0.177 e. The maximum absolute atomic E-state index is 13.1. The third kappa shape index (κ3) is 1.88. The molecule has 1 aromatic carbocycles. The molecule has 0 aliphatic carbocycles. The Hall–Kier alpha value is -0.670. The average Bonchev–Trinajstić information content (AvgIpc) is 2.14. The zero-order valence-corrected chi connectivity index (χ0v) is 8.70. The first-order valence-corrected chi connectivity index (χ1v) is 4.53. The largest absolute Gasteiger partial charge is 0.395 e. The summed E-state index contributed by atoms with van der Waals surface area (Å²) in [5.41, 5.74) is -0.272. The number of benzene rings is 1. The molecule has 1 nitrogen and oxygen atoms in total. The van der Waals surface area contributed by atoms with Crippen molar-refractivity contribution in [1.29, 1.82) is 0 Å². The topological polar surface area (TPSA) is 20.2 Å². The summed E-state index contributed by atoms with van der Waals surface area (Å²) in [6, 6.07) is 2.39. The third-order valence-electron chi connectivity index (χ3n) is 2.16. The lowest BCUT2D eigenvalue weighted by Crippen LogP contribution is -2.23. The van der Waals surface area contributed by atoms with Gasteiger partial charge in [0.05, 0.1) is 11.6 Å². The normalized spacial score (nSPS) is 11.9. The van der Waals surface area contributed by atoms with Crippen molar-refractivity contribution < 1.29 is 13.9 Å². The summed E-state index contributed by atoms with van der Waals surface area (Å²) in [4.78, 5) is 0. The number of hydrogen-bond acceptors (Lipinski definition) is 1. The van der Waals surface area contributed by atoms with Crippen molar-refractivity contribution in [2.24, 2.45) is 0 Å². The molecule has 0 aromatic heterocycles. The molecule has 0 saturated heterocycles. The molecule has 0 spiro atoms. The molecule has 0 bridgehead atoms. The summed E-state index contributed by atoms with van der Waals surface area (Å²) >= 11 is 5.64. The van der Waals surface area contributed by atoms with Crippen molar-refractivity contribution in [1.82, 2.24) is 0 Å². The van der Waals surface area contributed by atoms with Crippen molar-refractivity contribution in [3.63, 3.8) is 0 Å². The third-order valence-corrected chi connectivity index (χ3v) is 2.53. The number of rotatable bonds is 2. The van der Waals surface area contributed by atoms with Gasteiger partial charge in [-0.25, -0.2) is 8.78 Å². The molecule has 0 heterocycles. The second-order valence-electron chi connectivity index (χ2n) is 3.76. The molecule has 0 amide bonds. The zero-order chi connectivity index (χ0) is 10.9. The predicted molar refractivity (Wildman–Crippen MR) is 51.5 cm³/mol. The molecular weight excluding hydrogens is 210 g/mol. The molecule has 14 heavy (non-hydrogen) atoms. The van der Waals surface area contributed by atoms with Crippen LogP contribution in [0, 0.1) is 11.6 Å². The lowest BCUT2D eigenvalue weighted by atomic mass is 9.85. The van der Waals surface area contributed by atoms with E-state index in [0.717, 1.165) is 6.07 Å². The first-order chi connectivity index (χ1) is 6.40. The van der Waals surface area contributed by atoms with Crippen LogP contribution in [0.15, 0.2) is 12.1 Å². The van der Waals surface area contributed by atoms with Gasteiger partial charge in [0.2, 0.25) is 0 Å². The lowest BCUT2D eigenvalue weighted by Gasteiger charge is -2.23. The van der Waals surface area contributed by atoms with E-state index < -0.39 is 17.0 Å². The van der Waals surface area contributed by atoms with Gasteiger partial charge in [-0.15, -0.1) is 0 Å². The average molecular weight is 221 g/mol. The monoisotopic (exact) mass is 220 g/mol. The van der Waals surface area contributed by atoms with Crippen LogP contribution >= 0.6 is 11.6 Å². The molecule has 1 N–H and O–H groups in total. The Morgan fingerprint density at radius 3 is 2.43 bits per heavy atom. The molecule has 1 aromatic rings. The van der Waals surface area contributed by atoms with Crippen LogP contribution in [0.5, 0.6) is 0 Å². The fourth-order valence-corrected chi connectivity index (χ4v) is 1.54. The summed E-state index contributed by atoms with van der Waals surface area (Å²) in [6.45, 7) is 3.22. The molecule has 4 heteroatoms. The second kappa shape index (κ2) is 3.83. The molecule has 0 unspecified atom stereocenters. The summed E-state index contributed by atoms with van der Waals surface area (Å²) in [5.74, 6) is -2.04. The van der Waals surface area contributed by atoms with Crippen molar-refractivity contribution in [3.05, 3.63) is 34.4 Å². The molecular formula is C10H11ClF2O. The van der Waals surface area contributed by atoms with Gasteiger partial charge in [-0.05, 0) is 11.6 Å². The predicted octanol–water partition coefficient (Wildman–Crippen LogP) is 2.89. The fourth-order valence-electron chi connectivity index (χ4n) is 1.13. The Balaban J connectivity index is 3.31. The van der Waals surface area contributed by atoms with Crippen LogP contribution < -0.4 is 0 Å². The Kier molecular flexibility index (Phi) is 3.12. The summed E-state index contributed by atoms with van der Waals surface area (Å²) in [6.07, 6.45) is 0. The van der Waals surface area contributed by atoms with E-state index in [1.807, 2.05) is 0 Å². The van der Waals surface area contributed by atoms with E-state index in [0.29, 0.717) is 5.56 Å². The number of aliphatic hydroxyl groups excluding tert-OH is 1. The first-order valence-electron chi connectivity index (χ1n) is 4.15. The summed E-state index contributed by atoms with van der Waals surface area (Å²) in [5, 5.41) is 8.80. The zero-order valence-electron chi connectivity index (χ0n) is 7.94. The smallest absolute Gasteiger partial charge is 0.177 e. The molecule has 0 radical (unpaired) electrons. The van der Waals surface area contributed by atoms with Crippen molar-refractivity contribution >= 4 is 11.6 Å². The quantitative estimate of drug-likeness (QED) is 0.760. The van der Waals surface area contributed by atoms with E-state index in [9.17, 15) is 8.78 Å². The molecule has 0 aliphatic rings. The molecule has 0 saturated carbocycles. The minimum absolute atomic E-state index is 0.183. The maximum atomic E-state index is 13.1.